The van der Waals surface area contributed by atoms with Gasteiger partial charge in [-0.15, -0.1) is 0 Å². The molecule has 0 saturated heterocycles. The van der Waals surface area contributed by atoms with Crippen molar-refractivity contribution in [3.63, 3.8) is 0 Å². The van der Waals surface area contributed by atoms with Gasteiger partial charge in [0, 0.05) is 12.1 Å². The molecule has 3 N–H and O–H groups in total. The fraction of sp³-hybridized carbons (Fsp3) is 0.533. The van der Waals surface area contributed by atoms with Crippen LogP contribution in [0.4, 0.5) is 5.69 Å². The van der Waals surface area contributed by atoms with E-state index in [1.165, 1.54) is 0 Å². The molecule has 2 nitrogen and oxygen atoms in total. The predicted octanol–water partition coefficient (Wildman–Crippen LogP) is 4.07. The maximum absolute atomic E-state index is 6.24. The second-order valence-corrected chi connectivity index (χ2v) is 7.28. The van der Waals surface area contributed by atoms with Crippen molar-refractivity contribution < 1.29 is 0 Å². The summed E-state index contributed by atoms with van der Waals surface area (Å²) >= 11 is 11.2. The number of anilines is 1. The molecule has 0 heterocycles. The number of nitrogens with one attached hydrogen (secondary N) is 1. The fourth-order valence-corrected chi connectivity index (χ4v) is 3.24. The van der Waals surface area contributed by atoms with E-state index < -0.39 is 0 Å². The lowest BCUT2D eigenvalue weighted by molar-refractivity contribution is 0.457. The molecule has 0 spiro atoms. The van der Waals surface area contributed by atoms with Crippen LogP contribution in [-0.4, -0.2) is 11.5 Å². The smallest absolute Gasteiger partial charge is 0.104 e. The molecule has 1 saturated carbocycles. The Bertz CT molecular complexity index is 509. The van der Waals surface area contributed by atoms with Crippen LogP contribution < -0.4 is 11.1 Å². The van der Waals surface area contributed by atoms with E-state index in [-0.39, 0.29) is 0 Å². The number of halogens is 1. The highest BCUT2D eigenvalue weighted by molar-refractivity contribution is 7.80. The van der Waals surface area contributed by atoms with Gasteiger partial charge in [0.05, 0.1) is 10.7 Å². The Morgan fingerprint density at radius 1 is 1.32 bits per heavy atom. The maximum Gasteiger partial charge on any atom is 0.104 e. The number of thiocarbonyl (C=S) groups is 1. The lowest BCUT2D eigenvalue weighted by atomic mass is 10.0. The summed E-state index contributed by atoms with van der Waals surface area (Å²) in [5, 5.41) is 4.10. The summed E-state index contributed by atoms with van der Waals surface area (Å²) in [6.07, 6.45) is 0. The number of nitrogens with two attached hydrogens (primary N) is 1. The number of hydrogen-bond donors (Lipinski definition) is 2. The summed E-state index contributed by atoms with van der Waals surface area (Å²) in [4.78, 5) is 0.373. The van der Waals surface area contributed by atoms with Gasteiger partial charge in [-0.3, -0.25) is 0 Å². The summed E-state index contributed by atoms with van der Waals surface area (Å²) in [5.41, 5.74) is 8.10. The first-order chi connectivity index (χ1) is 8.68. The largest absolute Gasteiger partial charge is 0.389 e. The molecule has 1 fully saturated rings. The number of rotatable bonds is 4. The molecule has 2 rings (SSSR count). The van der Waals surface area contributed by atoms with Gasteiger partial charge in [0.15, 0.2) is 0 Å². The summed E-state index contributed by atoms with van der Waals surface area (Å²) in [6.45, 7) is 10.2. The van der Waals surface area contributed by atoms with Crippen molar-refractivity contribution in [2.75, 3.05) is 11.9 Å². The Kier molecular flexibility index (Phi) is 3.56. The number of benzene rings is 1. The Balaban J connectivity index is 2.04. The third-order valence-corrected chi connectivity index (χ3v) is 5.62. The molecule has 0 aliphatic heterocycles. The summed E-state index contributed by atoms with van der Waals surface area (Å²) in [5.74, 6) is 0.659. The van der Waals surface area contributed by atoms with E-state index in [4.69, 9.17) is 29.6 Å². The zero-order valence-corrected chi connectivity index (χ0v) is 13.5. The molecule has 0 bridgehead atoms. The topological polar surface area (TPSA) is 38.0 Å². The van der Waals surface area contributed by atoms with Gasteiger partial charge in [0.1, 0.15) is 4.99 Å². The molecule has 1 aliphatic rings. The first-order valence-electron chi connectivity index (χ1n) is 6.51. The Morgan fingerprint density at radius 2 is 1.89 bits per heavy atom. The Morgan fingerprint density at radius 3 is 2.32 bits per heavy atom. The number of hydrogen-bond acceptors (Lipinski definition) is 2. The van der Waals surface area contributed by atoms with Crippen molar-refractivity contribution in [2.45, 2.75) is 27.7 Å². The molecular weight excluding hydrogens is 276 g/mol. The van der Waals surface area contributed by atoms with Crippen LogP contribution in [0.15, 0.2) is 18.2 Å². The van der Waals surface area contributed by atoms with Crippen molar-refractivity contribution in [1.29, 1.82) is 0 Å². The third-order valence-electron chi connectivity index (χ3n) is 5.07. The molecule has 0 unspecified atom stereocenters. The van der Waals surface area contributed by atoms with Crippen molar-refractivity contribution in [1.82, 2.24) is 0 Å². The van der Waals surface area contributed by atoms with Crippen LogP contribution in [0.3, 0.4) is 0 Å². The zero-order chi connectivity index (χ0) is 14.4. The first kappa shape index (κ1) is 14.6. The summed E-state index contributed by atoms with van der Waals surface area (Å²) in [7, 11) is 0. The van der Waals surface area contributed by atoms with Crippen LogP contribution in [0.1, 0.15) is 33.3 Å². The molecule has 1 aromatic rings. The van der Waals surface area contributed by atoms with E-state index in [1.54, 1.807) is 0 Å². The standard InChI is InChI=1S/C15H21ClN2S/c1-14(2)12(15(14,3)4)8-18-11-6-5-9(13(17)19)7-10(11)16/h5-7,12,18H,8H2,1-4H3,(H2,17,19). The highest BCUT2D eigenvalue weighted by Crippen LogP contribution is 2.68. The van der Waals surface area contributed by atoms with Crippen LogP contribution in [-0.2, 0) is 0 Å². The maximum atomic E-state index is 6.24. The van der Waals surface area contributed by atoms with E-state index in [1.807, 2.05) is 18.2 Å². The van der Waals surface area contributed by atoms with Gasteiger partial charge in [-0.2, -0.15) is 0 Å². The normalized spacial score (nSPS) is 20.1. The van der Waals surface area contributed by atoms with Crippen molar-refractivity contribution in [3.05, 3.63) is 28.8 Å². The molecular formula is C15H21ClN2S. The molecule has 0 aromatic heterocycles. The quantitative estimate of drug-likeness (QED) is 0.823. The van der Waals surface area contributed by atoms with Crippen molar-refractivity contribution >= 4 is 34.5 Å². The summed E-state index contributed by atoms with van der Waals surface area (Å²) in [6, 6.07) is 5.66. The molecule has 1 aromatic carbocycles. The molecule has 4 heteroatoms. The first-order valence-corrected chi connectivity index (χ1v) is 7.30. The molecule has 1 aliphatic carbocycles. The average Bonchev–Trinajstić information content (AvgIpc) is 2.68. The Labute approximate surface area is 125 Å². The molecule has 0 radical (unpaired) electrons. The molecule has 104 valence electrons. The third kappa shape index (κ3) is 2.46. The molecule has 19 heavy (non-hydrogen) atoms. The second kappa shape index (κ2) is 4.64. The summed E-state index contributed by atoms with van der Waals surface area (Å²) < 4.78 is 0. The second-order valence-electron chi connectivity index (χ2n) is 6.44. The van der Waals surface area contributed by atoms with E-state index >= 15 is 0 Å². The minimum Gasteiger partial charge on any atom is -0.389 e. The van der Waals surface area contributed by atoms with Gasteiger partial charge in [-0.05, 0) is 34.9 Å². The predicted molar refractivity (Wildman–Crippen MR) is 86.9 cm³/mol. The average molecular weight is 297 g/mol. The minimum atomic E-state index is 0.373. The SMILES string of the molecule is CC1(C)C(CNc2ccc(C(N)=S)cc2Cl)C1(C)C. The van der Waals surface area contributed by atoms with E-state index in [2.05, 4.69) is 33.0 Å². The Hall–Kier alpha value is -0.800. The highest BCUT2D eigenvalue weighted by atomic mass is 35.5. The van der Waals surface area contributed by atoms with Gasteiger partial charge in [-0.1, -0.05) is 51.5 Å². The van der Waals surface area contributed by atoms with Gasteiger partial charge in [0.2, 0.25) is 0 Å². The lowest BCUT2D eigenvalue weighted by Gasteiger charge is -2.10. The van der Waals surface area contributed by atoms with Crippen LogP contribution in [0, 0.1) is 16.7 Å². The van der Waals surface area contributed by atoms with Gasteiger partial charge in [-0.25, -0.2) is 0 Å². The molecule has 0 atom stereocenters. The van der Waals surface area contributed by atoms with Gasteiger partial charge < -0.3 is 11.1 Å². The van der Waals surface area contributed by atoms with Crippen LogP contribution in [0.5, 0.6) is 0 Å². The van der Waals surface area contributed by atoms with E-state index in [9.17, 15) is 0 Å². The molecule has 0 amide bonds. The van der Waals surface area contributed by atoms with E-state index in [0.29, 0.717) is 26.8 Å². The van der Waals surface area contributed by atoms with Gasteiger partial charge >= 0.3 is 0 Å². The zero-order valence-electron chi connectivity index (χ0n) is 11.9. The van der Waals surface area contributed by atoms with E-state index in [0.717, 1.165) is 17.8 Å². The fourth-order valence-electron chi connectivity index (χ4n) is 2.87. The van der Waals surface area contributed by atoms with Crippen molar-refractivity contribution in [3.8, 4) is 0 Å². The minimum absolute atomic E-state index is 0.373. The lowest BCUT2D eigenvalue weighted by Crippen LogP contribution is -2.11. The van der Waals surface area contributed by atoms with Crippen LogP contribution in [0.2, 0.25) is 5.02 Å². The van der Waals surface area contributed by atoms with Crippen LogP contribution in [0.25, 0.3) is 0 Å². The highest BCUT2D eigenvalue weighted by Gasteiger charge is 2.64. The van der Waals surface area contributed by atoms with Crippen molar-refractivity contribution in [2.24, 2.45) is 22.5 Å². The van der Waals surface area contributed by atoms with Gasteiger partial charge in [0.25, 0.3) is 0 Å². The van der Waals surface area contributed by atoms with Crippen LogP contribution >= 0.6 is 23.8 Å². The monoisotopic (exact) mass is 296 g/mol.